The third-order valence-electron chi connectivity index (χ3n) is 4.52. The zero-order valence-electron chi connectivity index (χ0n) is 10.2. The van der Waals surface area contributed by atoms with E-state index >= 15 is 0 Å². The van der Waals surface area contributed by atoms with Gasteiger partial charge in [0.25, 0.3) is 0 Å². The van der Waals surface area contributed by atoms with Gasteiger partial charge in [0.15, 0.2) is 0 Å². The van der Waals surface area contributed by atoms with Crippen molar-refractivity contribution in [2.45, 2.75) is 24.0 Å². The molecule has 5 rings (SSSR count). The molecule has 90 valence electrons. The number of nitriles is 2. The fourth-order valence-electron chi connectivity index (χ4n) is 3.55. The summed E-state index contributed by atoms with van der Waals surface area (Å²) in [6.07, 6.45) is 0.380. The molecule has 0 spiro atoms. The number of ether oxygens (including phenoxy) is 1. The summed E-state index contributed by atoms with van der Waals surface area (Å²) in [5.74, 6) is 0.217. The van der Waals surface area contributed by atoms with Gasteiger partial charge in [-0.1, -0.05) is 13.2 Å². The van der Waals surface area contributed by atoms with Crippen LogP contribution in [0, 0.1) is 22.7 Å². The Labute approximate surface area is 111 Å². The van der Waals surface area contributed by atoms with Gasteiger partial charge in [0.05, 0.1) is 23.3 Å². The first-order chi connectivity index (χ1) is 9.17. The minimum atomic E-state index is 0.109. The monoisotopic (exact) mass is 246 g/mol. The van der Waals surface area contributed by atoms with Gasteiger partial charge in [-0.05, 0) is 34.4 Å². The van der Waals surface area contributed by atoms with E-state index in [1.54, 1.807) is 0 Å². The summed E-state index contributed by atoms with van der Waals surface area (Å²) in [6.45, 7) is 8.25. The first-order valence-electron chi connectivity index (χ1n) is 6.19. The second kappa shape index (κ2) is 3.15. The predicted octanol–water partition coefficient (Wildman–Crippen LogP) is 2.50. The molecule has 1 saturated carbocycles. The molecule has 0 unspecified atom stereocenters. The minimum Gasteiger partial charge on any atom is -0.368 e. The zero-order chi connectivity index (χ0) is 13.3. The maximum absolute atomic E-state index is 9.14. The Kier molecular flexibility index (Phi) is 1.75. The number of nitrogens with zero attached hydrogens (tertiary/aromatic N) is 2. The van der Waals surface area contributed by atoms with Crippen LogP contribution in [0.15, 0.2) is 36.4 Å². The van der Waals surface area contributed by atoms with Crippen molar-refractivity contribution in [2.24, 2.45) is 0 Å². The van der Waals surface area contributed by atoms with E-state index in [-0.39, 0.29) is 24.0 Å². The Bertz CT molecular complexity index is 684. The average Bonchev–Trinajstić information content (AvgIpc) is 3.20. The minimum absolute atomic E-state index is 0.109. The fraction of sp³-hybridized carbons (Fsp3) is 0.250. The van der Waals surface area contributed by atoms with E-state index in [9.17, 15) is 0 Å². The SMILES string of the molecule is C=C1C(=C)[C@H]2c3cc(C#N)c(C#N)cc3[C@@H]1[C@H]1O[C@H]12. The van der Waals surface area contributed by atoms with Crippen LogP contribution in [0.25, 0.3) is 0 Å². The first-order valence-corrected chi connectivity index (χ1v) is 6.19. The van der Waals surface area contributed by atoms with E-state index in [1.165, 1.54) is 0 Å². The van der Waals surface area contributed by atoms with Gasteiger partial charge >= 0.3 is 0 Å². The highest BCUT2D eigenvalue weighted by atomic mass is 16.6. The second-order valence-corrected chi connectivity index (χ2v) is 5.32. The Morgan fingerprint density at radius 1 is 0.895 bits per heavy atom. The highest BCUT2D eigenvalue weighted by molar-refractivity contribution is 5.64. The van der Waals surface area contributed by atoms with Crippen LogP contribution in [0.2, 0.25) is 0 Å². The number of hydrogen-bond acceptors (Lipinski definition) is 3. The Hall–Kier alpha value is -2.36. The van der Waals surface area contributed by atoms with Crippen LogP contribution in [0.3, 0.4) is 0 Å². The van der Waals surface area contributed by atoms with Crippen molar-refractivity contribution in [1.82, 2.24) is 0 Å². The highest BCUT2D eigenvalue weighted by Gasteiger charge is 2.61. The van der Waals surface area contributed by atoms with Gasteiger partial charge in [-0.2, -0.15) is 10.5 Å². The van der Waals surface area contributed by atoms with E-state index in [1.807, 2.05) is 12.1 Å². The molecule has 19 heavy (non-hydrogen) atoms. The van der Waals surface area contributed by atoms with Gasteiger partial charge in [0, 0.05) is 11.8 Å². The van der Waals surface area contributed by atoms with Crippen molar-refractivity contribution >= 4 is 0 Å². The molecule has 0 radical (unpaired) electrons. The number of rotatable bonds is 0. The first kappa shape index (κ1) is 10.6. The van der Waals surface area contributed by atoms with Gasteiger partial charge in [-0.15, -0.1) is 0 Å². The van der Waals surface area contributed by atoms with E-state index in [4.69, 9.17) is 15.3 Å². The molecular formula is C16H10N2O. The van der Waals surface area contributed by atoms with Crippen LogP contribution in [-0.4, -0.2) is 12.2 Å². The topological polar surface area (TPSA) is 60.1 Å². The molecule has 3 heteroatoms. The summed E-state index contributed by atoms with van der Waals surface area (Å²) in [4.78, 5) is 0. The second-order valence-electron chi connectivity index (χ2n) is 5.32. The smallest absolute Gasteiger partial charge is 0.101 e. The molecule has 0 aromatic heterocycles. The maximum atomic E-state index is 9.14. The summed E-state index contributed by atoms with van der Waals surface area (Å²) < 4.78 is 5.75. The Morgan fingerprint density at radius 3 is 1.68 bits per heavy atom. The molecule has 4 aliphatic rings. The molecule has 3 aliphatic carbocycles. The lowest BCUT2D eigenvalue weighted by Crippen LogP contribution is -2.32. The van der Waals surface area contributed by atoms with Gasteiger partial charge in [0.1, 0.15) is 12.1 Å². The van der Waals surface area contributed by atoms with E-state index in [2.05, 4.69) is 25.3 Å². The van der Waals surface area contributed by atoms with Crippen LogP contribution in [0.4, 0.5) is 0 Å². The molecule has 1 aliphatic heterocycles. The maximum Gasteiger partial charge on any atom is 0.101 e. The molecule has 1 heterocycles. The predicted molar refractivity (Wildman–Crippen MR) is 68.3 cm³/mol. The number of hydrogen-bond donors (Lipinski definition) is 0. The quantitative estimate of drug-likeness (QED) is 0.661. The van der Waals surface area contributed by atoms with Crippen LogP contribution in [0.5, 0.6) is 0 Å². The van der Waals surface area contributed by atoms with Gasteiger partial charge in [-0.3, -0.25) is 0 Å². The molecule has 1 aromatic carbocycles. The molecule has 1 saturated heterocycles. The van der Waals surface area contributed by atoms with Crippen LogP contribution < -0.4 is 0 Å². The molecule has 2 bridgehead atoms. The largest absolute Gasteiger partial charge is 0.368 e. The van der Waals surface area contributed by atoms with Crippen LogP contribution >= 0.6 is 0 Å². The molecule has 0 amide bonds. The van der Waals surface area contributed by atoms with Gasteiger partial charge in [0.2, 0.25) is 0 Å². The van der Waals surface area contributed by atoms with Crippen molar-refractivity contribution < 1.29 is 4.74 Å². The third-order valence-corrected chi connectivity index (χ3v) is 4.52. The molecule has 0 N–H and O–H groups in total. The highest BCUT2D eigenvalue weighted by Crippen LogP contribution is 2.62. The lowest BCUT2D eigenvalue weighted by atomic mass is 9.62. The Morgan fingerprint density at radius 2 is 1.32 bits per heavy atom. The lowest BCUT2D eigenvalue weighted by Gasteiger charge is -2.38. The van der Waals surface area contributed by atoms with Gasteiger partial charge in [-0.25, -0.2) is 0 Å². The van der Waals surface area contributed by atoms with Gasteiger partial charge < -0.3 is 4.74 Å². The summed E-state index contributed by atoms with van der Waals surface area (Å²) in [6, 6.07) is 7.86. The average molecular weight is 246 g/mol. The van der Waals surface area contributed by atoms with E-state index < -0.39 is 0 Å². The number of fused-ring (bicyclic) bond motifs is 1. The van der Waals surface area contributed by atoms with Crippen molar-refractivity contribution in [2.75, 3.05) is 0 Å². The van der Waals surface area contributed by atoms with Crippen LogP contribution in [0.1, 0.15) is 34.1 Å². The van der Waals surface area contributed by atoms with E-state index in [0.29, 0.717) is 11.1 Å². The molecule has 4 atom stereocenters. The molecule has 1 aromatic rings. The van der Waals surface area contributed by atoms with E-state index in [0.717, 1.165) is 22.3 Å². The standard InChI is InChI=1S/C16H10N2O/c1-7-8(2)14-12-4-10(6-18)9(5-17)3-11(12)13(7)15-16(14)19-15/h3-4,13-16H,1-2H2/t13-,14+,15-,16+. The van der Waals surface area contributed by atoms with Crippen molar-refractivity contribution in [3.63, 3.8) is 0 Å². The normalized spacial score (nSPS) is 33.2. The summed E-state index contributed by atoms with van der Waals surface area (Å²) in [5, 5.41) is 18.3. The van der Waals surface area contributed by atoms with Crippen molar-refractivity contribution in [1.29, 1.82) is 10.5 Å². The van der Waals surface area contributed by atoms with Crippen LogP contribution in [-0.2, 0) is 4.74 Å². The molecular weight excluding hydrogens is 236 g/mol. The van der Waals surface area contributed by atoms with Crippen molar-refractivity contribution in [3.05, 3.63) is 58.7 Å². The Balaban J connectivity index is 2.03. The lowest BCUT2D eigenvalue weighted by molar-refractivity contribution is 0.365. The summed E-state index contributed by atoms with van der Waals surface area (Å²) in [7, 11) is 0. The zero-order valence-corrected chi connectivity index (χ0v) is 10.2. The molecule has 2 fully saturated rings. The fourth-order valence-corrected chi connectivity index (χ4v) is 3.55. The number of benzene rings is 1. The van der Waals surface area contributed by atoms with Crippen molar-refractivity contribution in [3.8, 4) is 12.1 Å². The number of epoxide rings is 1. The summed E-state index contributed by atoms with van der Waals surface area (Å²) >= 11 is 0. The summed E-state index contributed by atoms with van der Waals surface area (Å²) in [5.41, 5.74) is 5.09. The molecule has 3 nitrogen and oxygen atoms in total. The third kappa shape index (κ3) is 1.09.